The molecular weight excluding hydrogens is 357 g/mol. The summed E-state index contributed by atoms with van der Waals surface area (Å²) in [5.74, 6) is -0.328. The molecule has 0 saturated carbocycles. The highest BCUT2D eigenvalue weighted by Gasteiger charge is 2.34. The Hall–Kier alpha value is -2.50. The minimum atomic E-state index is -4.51. The zero-order chi connectivity index (χ0) is 20.0. The first-order chi connectivity index (χ1) is 12.8. The molecule has 0 fully saturated rings. The summed E-state index contributed by atoms with van der Waals surface area (Å²) in [5, 5.41) is 0. The molecule has 0 aliphatic carbocycles. The predicted octanol–water partition coefficient (Wildman–Crippen LogP) is 5.72. The molecule has 3 nitrogen and oxygen atoms in total. The molecule has 0 spiro atoms. The molecule has 0 atom stereocenters. The van der Waals surface area contributed by atoms with E-state index in [0.717, 1.165) is 11.6 Å². The normalized spacial score (nSPS) is 11.3. The number of ether oxygens (including phenoxy) is 2. The Balaban J connectivity index is 2.35. The highest BCUT2D eigenvalue weighted by molar-refractivity contribution is 5.72. The van der Waals surface area contributed by atoms with Gasteiger partial charge >= 0.3 is 12.1 Å². The Morgan fingerprint density at radius 1 is 1.00 bits per heavy atom. The van der Waals surface area contributed by atoms with Gasteiger partial charge in [0, 0.05) is 12.0 Å². The number of hydrogen-bond acceptors (Lipinski definition) is 3. The Bertz CT molecular complexity index is 798. The van der Waals surface area contributed by atoms with E-state index in [-0.39, 0.29) is 18.8 Å². The molecule has 0 N–H and O–H groups in total. The maximum Gasteiger partial charge on any atom is 0.419 e. The van der Waals surface area contributed by atoms with Crippen LogP contribution in [0.3, 0.4) is 0 Å². The summed E-state index contributed by atoms with van der Waals surface area (Å²) < 4.78 is 51.0. The summed E-state index contributed by atoms with van der Waals surface area (Å²) in [4.78, 5) is 11.7. The number of carbonyl (C=O) groups is 1. The van der Waals surface area contributed by atoms with E-state index in [1.54, 1.807) is 32.0 Å². The lowest BCUT2D eigenvalue weighted by Crippen LogP contribution is -2.12. The number of esters is 1. The maximum absolute atomic E-state index is 13.4. The third kappa shape index (κ3) is 5.25. The minimum absolute atomic E-state index is 0.120. The number of carbonyl (C=O) groups excluding carboxylic acids is 1. The van der Waals surface area contributed by atoms with E-state index in [4.69, 9.17) is 9.47 Å². The van der Waals surface area contributed by atoms with E-state index < -0.39 is 17.7 Å². The number of rotatable bonds is 7. The van der Waals surface area contributed by atoms with E-state index in [0.29, 0.717) is 29.7 Å². The van der Waals surface area contributed by atoms with Gasteiger partial charge < -0.3 is 9.47 Å². The fraction of sp³-hybridized carbons (Fsp3) is 0.381. The number of hydrogen-bond donors (Lipinski definition) is 0. The van der Waals surface area contributed by atoms with E-state index in [2.05, 4.69) is 0 Å². The third-order valence-corrected chi connectivity index (χ3v) is 4.25. The molecule has 0 aliphatic rings. The monoisotopic (exact) mass is 380 g/mol. The molecule has 2 aromatic rings. The van der Waals surface area contributed by atoms with Gasteiger partial charge in [-0.2, -0.15) is 13.2 Å². The van der Waals surface area contributed by atoms with Crippen LogP contribution in [-0.2, 0) is 30.4 Å². The smallest absolute Gasteiger partial charge is 0.419 e. The number of halogens is 3. The topological polar surface area (TPSA) is 35.5 Å². The van der Waals surface area contributed by atoms with E-state index in [1.807, 2.05) is 13.0 Å². The molecule has 2 rings (SSSR count). The fourth-order valence-corrected chi connectivity index (χ4v) is 2.69. The number of benzene rings is 2. The van der Waals surface area contributed by atoms with Crippen molar-refractivity contribution in [2.45, 2.75) is 52.8 Å². The van der Waals surface area contributed by atoms with Gasteiger partial charge in [0.1, 0.15) is 18.1 Å². The van der Waals surface area contributed by atoms with Gasteiger partial charge in [0.2, 0.25) is 0 Å². The van der Waals surface area contributed by atoms with Gasteiger partial charge in [-0.25, -0.2) is 0 Å². The second-order valence-corrected chi connectivity index (χ2v) is 6.05. The first-order valence-corrected chi connectivity index (χ1v) is 8.94. The lowest BCUT2D eigenvalue weighted by molar-refractivity contribution is -0.139. The van der Waals surface area contributed by atoms with Crippen LogP contribution in [0.1, 0.15) is 49.4 Å². The lowest BCUT2D eigenvalue weighted by atomic mass is 10.0. The Morgan fingerprint density at radius 3 is 2.33 bits per heavy atom. The van der Waals surface area contributed by atoms with E-state index in [9.17, 15) is 18.0 Å². The Morgan fingerprint density at radius 2 is 1.74 bits per heavy atom. The van der Waals surface area contributed by atoms with Crippen molar-refractivity contribution in [1.29, 1.82) is 0 Å². The fourth-order valence-electron chi connectivity index (χ4n) is 2.69. The van der Waals surface area contributed by atoms with Gasteiger partial charge in [0.05, 0.1) is 5.56 Å². The molecule has 146 valence electrons. The van der Waals surface area contributed by atoms with Gasteiger partial charge in [-0.15, -0.1) is 0 Å². The first kappa shape index (κ1) is 20.8. The molecule has 27 heavy (non-hydrogen) atoms. The summed E-state index contributed by atoms with van der Waals surface area (Å²) in [5.41, 5.74) is 1.22. The van der Waals surface area contributed by atoms with E-state index >= 15 is 0 Å². The van der Waals surface area contributed by atoms with Crippen LogP contribution in [0, 0.1) is 0 Å². The average molecular weight is 380 g/mol. The summed E-state index contributed by atoms with van der Waals surface area (Å²) in [6.45, 7) is 5.27. The van der Waals surface area contributed by atoms with Gasteiger partial charge in [-0.1, -0.05) is 39.0 Å². The van der Waals surface area contributed by atoms with Crippen molar-refractivity contribution in [3.05, 3.63) is 58.7 Å². The first-order valence-electron chi connectivity index (χ1n) is 8.94. The summed E-state index contributed by atoms with van der Waals surface area (Å²) in [6.07, 6.45) is -3.17. The molecule has 0 unspecified atom stereocenters. The van der Waals surface area contributed by atoms with Crippen LogP contribution >= 0.6 is 0 Å². The van der Waals surface area contributed by atoms with Crippen LogP contribution in [0.15, 0.2) is 36.4 Å². The van der Waals surface area contributed by atoms with Crippen LogP contribution in [0.2, 0.25) is 0 Å². The Labute approximate surface area is 157 Å². The molecule has 6 heteroatoms. The van der Waals surface area contributed by atoms with Crippen molar-refractivity contribution >= 4 is 5.97 Å². The molecule has 0 bridgehead atoms. The van der Waals surface area contributed by atoms with Crippen molar-refractivity contribution in [2.75, 3.05) is 0 Å². The molecule has 0 saturated heterocycles. The minimum Gasteiger partial charge on any atom is -0.488 e. The molecule has 2 aromatic carbocycles. The largest absolute Gasteiger partial charge is 0.488 e. The van der Waals surface area contributed by atoms with Gasteiger partial charge in [-0.3, -0.25) is 4.79 Å². The molecule has 0 aromatic heterocycles. The Kier molecular flexibility index (Phi) is 6.88. The van der Waals surface area contributed by atoms with Crippen LogP contribution in [0.5, 0.6) is 11.5 Å². The third-order valence-electron chi connectivity index (χ3n) is 4.25. The highest BCUT2D eigenvalue weighted by Crippen LogP contribution is 2.38. The van der Waals surface area contributed by atoms with Gasteiger partial charge in [0.15, 0.2) is 0 Å². The van der Waals surface area contributed by atoms with Crippen molar-refractivity contribution in [1.82, 2.24) is 0 Å². The zero-order valence-corrected chi connectivity index (χ0v) is 15.7. The quantitative estimate of drug-likeness (QED) is 0.455. The second kappa shape index (κ2) is 8.93. The van der Waals surface area contributed by atoms with Crippen molar-refractivity contribution in [3.8, 4) is 11.5 Å². The van der Waals surface area contributed by atoms with Crippen LogP contribution in [0.25, 0.3) is 0 Å². The standard InChI is InChI=1S/C21H23F3O3/c1-4-14-10-11-19(17(12-14)21(22,23)24)26-13-16-15(5-2)8-7-9-18(16)27-20(25)6-3/h7-12H,4-6,13H2,1-3H3. The van der Waals surface area contributed by atoms with Gasteiger partial charge in [0.25, 0.3) is 0 Å². The number of alkyl halides is 3. The van der Waals surface area contributed by atoms with Crippen LogP contribution in [0.4, 0.5) is 13.2 Å². The highest BCUT2D eigenvalue weighted by atomic mass is 19.4. The van der Waals surface area contributed by atoms with E-state index in [1.165, 1.54) is 6.07 Å². The molecule has 0 amide bonds. The zero-order valence-electron chi connectivity index (χ0n) is 15.7. The predicted molar refractivity (Wildman–Crippen MR) is 96.9 cm³/mol. The average Bonchev–Trinajstić information content (AvgIpc) is 2.65. The van der Waals surface area contributed by atoms with Crippen molar-refractivity contribution < 1.29 is 27.4 Å². The van der Waals surface area contributed by atoms with Crippen LogP contribution < -0.4 is 9.47 Å². The van der Waals surface area contributed by atoms with Crippen molar-refractivity contribution in [3.63, 3.8) is 0 Å². The molecule has 0 heterocycles. The second-order valence-electron chi connectivity index (χ2n) is 6.05. The van der Waals surface area contributed by atoms with Gasteiger partial charge in [-0.05, 0) is 42.2 Å². The molecular formula is C21H23F3O3. The maximum atomic E-state index is 13.4. The molecule has 0 aliphatic heterocycles. The summed E-state index contributed by atoms with van der Waals surface area (Å²) in [6, 6.07) is 9.28. The van der Waals surface area contributed by atoms with Crippen LogP contribution in [-0.4, -0.2) is 5.97 Å². The SMILES string of the molecule is CCC(=O)Oc1cccc(CC)c1COc1ccc(CC)cc1C(F)(F)F. The molecule has 0 radical (unpaired) electrons. The van der Waals surface area contributed by atoms with Crippen molar-refractivity contribution in [2.24, 2.45) is 0 Å². The summed E-state index contributed by atoms with van der Waals surface area (Å²) in [7, 11) is 0. The number of aryl methyl sites for hydroxylation is 2. The lowest BCUT2D eigenvalue weighted by Gasteiger charge is -2.18. The summed E-state index contributed by atoms with van der Waals surface area (Å²) >= 11 is 0.